The van der Waals surface area contributed by atoms with E-state index in [1.807, 2.05) is 55.5 Å². The zero-order valence-electron chi connectivity index (χ0n) is 18.5. The number of amides is 2. The number of primary amides is 1. The zero-order valence-corrected chi connectivity index (χ0v) is 19.3. The lowest BCUT2D eigenvalue weighted by Gasteiger charge is -2.11. The second-order valence-corrected chi connectivity index (χ2v) is 9.63. The molecule has 4 aromatic rings. The summed E-state index contributed by atoms with van der Waals surface area (Å²) in [6, 6.07) is 17.5. The van der Waals surface area contributed by atoms with E-state index in [-0.39, 0.29) is 5.91 Å². The highest BCUT2D eigenvalue weighted by atomic mass is 32.1. The standard InChI is InChI=1S/C27H25N3O2S/c1-16-8-7-9-17(14-16)22-15-20(18-10-5-6-12-21(18)29-22)26(32)30-27-24(25(28)31)19-11-3-2-4-13-23(19)33-27/h5-10,12,14-15H,2-4,11,13H2,1H3,(H2,28,31)(H,30,32). The summed E-state index contributed by atoms with van der Waals surface area (Å²) >= 11 is 1.49. The molecule has 0 saturated carbocycles. The first kappa shape index (κ1) is 21.3. The molecule has 0 spiro atoms. The summed E-state index contributed by atoms with van der Waals surface area (Å²) in [5, 5.41) is 4.34. The quantitative estimate of drug-likeness (QED) is 0.376. The smallest absolute Gasteiger partial charge is 0.257 e. The molecule has 0 radical (unpaired) electrons. The Morgan fingerprint density at radius 3 is 2.64 bits per heavy atom. The van der Waals surface area contributed by atoms with Crippen LogP contribution in [0.2, 0.25) is 0 Å². The number of aromatic nitrogens is 1. The van der Waals surface area contributed by atoms with Crippen LogP contribution in [0.4, 0.5) is 5.00 Å². The van der Waals surface area contributed by atoms with Crippen molar-refractivity contribution in [3.8, 4) is 11.3 Å². The Labute approximate surface area is 196 Å². The average Bonchev–Trinajstić information content (AvgIpc) is 2.98. The fraction of sp³-hybridized carbons (Fsp3) is 0.222. The number of anilines is 1. The fourth-order valence-electron chi connectivity index (χ4n) is 4.58. The number of benzene rings is 2. The van der Waals surface area contributed by atoms with Crippen molar-refractivity contribution in [2.75, 3.05) is 5.32 Å². The van der Waals surface area contributed by atoms with Crippen LogP contribution in [0.5, 0.6) is 0 Å². The number of carbonyl (C=O) groups excluding carboxylic acids is 2. The number of nitrogens with two attached hydrogens (primary N) is 1. The first-order valence-electron chi connectivity index (χ1n) is 11.2. The monoisotopic (exact) mass is 455 g/mol. The Bertz CT molecular complexity index is 1390. The van der Waals surface area contributed by atoms with Gasteiger partial charge in [-0.05, 0) is 56.4 Å². The molecule has 0 bridgehead atoms. The maximum absolute atomic E-state index is 13.5. The largest absolute Gasteiger partial charge is 0.365 e. The predicted octanol–water partition coefficient (Wildman–Crippen LogP) is 5.89. The summed E-state index contributed by atoms with van der Waals surface area (Å²) in [7, 11) is 0. The first-order chi connectivity index (χ1) is 16.0. The van der Waals surface area contributed by atoms with Crippen LogP contribution in [0.25, 0.3) is 22.2 Å². The van der Waals surface area contributed by atoms with Crippen molar-refractivity contribution in [3.63, 3.8) is 0 Å². The Balaban J connectivity index is 1.59. The molecule has 0 fully saturated rings. The third kappa shape index (κ3) is 4.14. The van der Waals surface area contributed by atoms with Gasteiger partial charge >= 0.3 is 0 Å². The number of fused-ring (bicyclic) bond motifs is 2. The van der Waals surface area contributed by atoms with E-state index in [0.29, 0.717) is 16.1 Å². The van der Waals surface area contributed by atoms with Gasteiger partial charge in [0, 0.05) is 15.8 Å². The van der Waals surface area contributed by atoms with Gasteiger partial charge in [-0.2, -0.15) is 0 Å². The molecule has 0 unspecified atom stereocenters. The van der Waals surface area contributed by atoms with Gasteiger partial charge in [-0.25, -0.2) is 4.98 Å². The van der Waals surface area contributed by atoms with E-state index in [1.54, 1.807) is 0 Å². The summed E-state index contributed by atoms with van der Waals surface area (Å²) in [5.74, 6) is -0.744. The third-order valence-electron chi connectivity index (χ3n) is 6.17. The predicted molar refractivity (Wildman–Crippen MR) is 134 cm³/mol. The first-order valence-corrected chi connectivity index (χ1v) is 12.1. The van der Waals surface area contributed by atoms with Crippen LogP contribution in [-0.2, 0) is 12.8 Å². The minimum absolute atomic E-state index is 0.263. The molecule has 2 aromatic carbocycles. The second-order valence-electron chi connectivity index (χ2n) is 8.53. The van der Waals surface area contributed by atoms with Crippen LogP contribution in [0.1, 0.15) is 56.0 Å². The second kappa shape index (κ2) is 8.79. The number of hydrogen-bond acceptors (Lipinski definition) is 4. The van der Waals surface area contributed by atoms with Crippen molar-refractivity contribution in [2.24, 2.45) is 5.73 Å². The topological polar surface area (TPSA) is 85.1 Å². The number of hydrogen-bond donors (Lipinski definition) is 2. The SMILES string of the molecule is Cc1cccc(-c2cc(C(=O)Nc3sc4c(c3C(N)=O)CCCCC4)c3ccccc3n2)c1. The highest BCUT2D eigenvalue weighted by Crippen LogP contribution is 2.38. The maximum atomic E-state index is 13.5. The lowest BCUT2D eigenvalue weighted by atomic mass is 10.0. The maximum Gasteiger partial charge on any atom is 0.257 e. The highest BCUT2D eigenvalue weighted by Gasteiger charge is 2.25. The molecular weight excluding hydrogens is 430 g/mol. The molecule has 0 saturated heterocycles. The fourth-order valence-corrected chi connectivity index (χ4v) is 5.87. The number of para-hydroxylation sites is 1. The van der Waals surface area contributed by atoms with Gasteiger partial charge in [-0.3, -0.25) is 9.59 Å². The normalized spacial score (nSPS) is 13.4. The number of aryl methyl sites for hydroxylation is 2. The van der Waals surface area contributed by atoms with Gasteiger partial charge in [0.2, 0.25) is 0 Å². The van der Waals surface area contributed by atoms with Crippen LogP contribution in [0, 0.1) is 6.92 Å². The molecule has 3 N–H and O–H groups in total. The molecule has 5 nitrogen and oxygen atoms in total. The summed E-state index contributed by atoms with van der Waals surface area (Å²) in [5.41, 5.74) is 11.3. The van der Waals surface area contributed by atoms with Crippen molar-refractivity contribution >= 4 is 39.1 Å². The van der Waals surface area contributed by atoms with Gasteiger partial charge in [0.05, 0.1) is 22.3 Å². The van der Waals surface area contributed by atoms with Crippen LogP contribution in [0.15, 0.2) is 54.6 Å². The number of carbonyl (C=O) groups is 2. The van der Waals surface area contributed by atoms with Crippen molar-refractivity contribution in [3.05, 3.63) is 81.7 Å². The van der Waals surface area contributed by atoms with Crippen LogP contribution < -0.4 is 11.1 Å². The molecular formula is C27H25N3O2S. The van der Waals surface area contributed by atoms with E-state index in [4.69, 9.17) is 10.7 Å². The molecule has 1 aliphatic carbocycles. The Morgan fingerprint density at radius 1 is 1.00 bits per heavy atom. The van der Waals surface area contributed by atoms with Crippen molar-refractivity contribution < 1.29 is 9.59 Å². The molecule has 33 heavy (non-hydrogen) atoms. The lowest BCUT2D eigenvalue weighted by molar-refractivity contribution is 0.100. The highest BCUT2D eigenvalue weighted by molar-refractivity contribution is 7.17. The zero-order chi connectivity index (χ0) is 22.9. The van der Waals surface area contributed by atoms with Gasteiger partial charge < -0.3 is 11.1 Å². The number of thiophene rings is 1. The Kier molecular flexibility index (Phi) is 5.68. The van der Waals surface area contributed by atoms with Gasteiger partial charge in [0.15, 0.2) is 0 Å². The number of nitrogens with zero attached hydrogens (tertiary/aromatic N) is 1. The van der Waals surface area contributed by atoms with E-state index in [1.165, 1.54) is 11.3 Å². The van der Waals surface area contributed by atoms with Crippen molar-refractivity contribution in [2.45, 2.75) is 39.0 Å². The number of pyridine rings is 1. The van der Waals surface area contributed by atoms with Crippen molar-refractivity contribution in [1.82, 2.24) is 4.98 Å². The molecule has 2 aromatic heterocycles. The lowest BCUT2D eigenvalue weighted by Crippen LogP contribution is -2.18. The Hall–Kier alpha value is -3.51. The molecule has 166 valence electrons. The average molecular weight is 456 g/mol. The van der Waals surface area contributed by atoms with Gasteiger partial charge in [-0.1, -0.05) is 48.4 Å². The number of nitrogens with one attached hydrogen (secondary N) is 1. The van der Waals surface area contributed by atoms with Crippen LogP contribution >= 0.6 is 11.3 Å². The number of rotatable bonds is 4. The van der Waals surface area contributed by atoms with E-state index in [2.05, 4.69) is 11.4 Å². The molecule has 6 heteroatoms. The summed E-state index contributed by atoms with van der Waals surface area (Å²) in [6.45, 7) is 2.03. The third-order valence-corrected chi connectivity index (χ3v) is 7.38. The van der Waals surface area contributed by atoms with Gasteiger partial charge in [-0.15, -0.1) is 11.3 Å². The summed E-state index contributed by atoms with van der Waals surface area (Å²) < 4.78 is 0. The molecule has 5 rings (SSSR count). The summed E-state index contributed by atoms with van der Waals surface area (Å²) in [6.07, 6.45) is 5.02. The van der Waals surface area contributed by atoms with E-state index in [9.17, 15) is 9.59 Å². The Morgan fingerprint density at radius 2 is 1.82 bits per heavy atom. The molecule has 2 heterocycles. The minimum Gasteiger partial charge on any atom is -0.365 e. The van der Waals surface area contributed by atoms with Gasteiger partial charge in [0.25, 0.3) is 11.8 Å². The molecule has 0 atom stereocenters. The van der Waals surface area contributed by atoms with Crippen LogP contribution in [0.3, 0.4) is 0 Å². The van der Waals surface area contributed by atoms with Gasteiger partial charge in [0.1, 0.15) is 5.00 Å². The van der Waals surface area contributed by atoms with E-state index in [0.717, 1.165) is 70.3 Å². The molecule has 2 amide bonds. The van der Waals surface area contributed by atoms with E-state index >= 15 is 0 Å². The molecule has 1 aliphatic rings. The minimum atomic E-state index is -0.482. The summed E-state index contributed by atoms with van der Waals surface area (Å²) in [4.78, 5) is 31.8. The van der Waals surface area contributed by atoms with Crippen molar-refractivity contribution in [1.29, 1.82) is 0 Å². The van der Waals surface area contributed by atoms with E-state index < -0.39 is 5.91 Å². The van der Waals surface area contributed by atoms with Crippen LogP contribution in [-0.4, -0.2) is 16.8 Å². The molecule has 0 aliphatic heterocycles.